The Morgan fingerprint density at radius 2 is 0.417 bits per heavy atom. The third-order valence-electron chi connectivity index (χ3n) is 0. The van der Waals surface area contributed by atoms with Gasteiger partial charge in [0.15, 0.2) is 0 Å². The van der Waals surface area contributed by atoms with Gasteiger partial charge in [0.05, 0.1) is 56.4 Å². The molecule has 0 aliphatic rings. The first-order valence-corrected chi connectivity index (χ1v) is 3.58. The van der Waals surface area contributed by atoms with Crippen LogP contribution in [0.15, 0.2) is 0 Å². The van der Waals surface area contributed by atoms with Gasteiger partial charge in [-0.2, -0.15) is 0 Å². The predicted octanol–water partition coefficient (Wildman–Crippen LogP) is -5.35. The Balaban J connectivity index is -0.0000000457. The minimum atomic E-state index is 0. The standard InChI is InChI=1S/2C4H12N.2Na/c2*1-5(2,3)4;;/h2*1-4H3;;/q4*+1. The van der Waals surface area contributed by atoms with Crippen molar-refractivity contribution in [3.8, 4) is 0 Å². The molecule has 4 heteroatoms. The van der Waals surface area contributed by atoms with Gasteiger partial charge in [0.2, 0.25) is 0 Å². The van der Waals surface area contributed by atoms with Gasteiger partial charge in [0.1, 0.15) is 0 Å². The van der Waals surface area contributed by atoms with Crippen LogP contribution < -0.4 is 59.1 Å². The molecule has 0 saturated carbocycles. The van der Waals surface area contributed by atoms with Crippen LogP contribution in [0.1, 0.15) is 0 Å². The van der Waals surface area contributed by atoms with Gasteiger partial charge >= 0.3 is 59.1 Å². The first-order valence-electron chi connectivity index (χ1n) is 3.58. The largest absolute Gasteiger partial charge is 1.00 e. The van der Waals surface area contributed by atoms with E-state index in [1.54, 1.807) is 0 Å². The number of hydrogen-bond acceptors (Lipinski definition) is 0. The Hall–Kier alpha value is 1.92. The molecule has 0 radical (unpaired) electrons. The zero-order valence-electron chi connectivity index (χ0n) is 10.9. The average molecular weight is 194 g/mol. The fourth-order valence-corrected chi connectivity index (χ4v) is 0. The van der Waals surface area contributed by atoms with E-state index in [1.165, 1.54) is 0 Å². The molecular weight excluding hydrogens is 170 g/mol. The molecule has 0 heterocycles. The number of quaternary nitrogens is 2. The van der Waals surface area contributed by atoms with Crippen LogP contribution in [-0.2, 0) is 0 Å². The van der Waals surface area contributed by atoms with Crippen molar-refractivity contribution in [2.75, 3.05) is 56.4 Å². The quantitative estimate of drug-likeness (QED) is 0.267. The number of hydrogen-bond donors (Lipinski definition) is 0. The molecule has 0 aromatic rings. The molecule has 64 valence electrons. The Kier molecular flexibility index (Phi) is 18.6. The minimum absolute atomic E-state index is 0. The third-order valence-corrected chi connectivity index (χ3v) is 0. The van der Waals surface area contributed by atoms with Gasteiger partial charge in [-0.3, -0.25) is 0 Å². The van der Waals surface area contributed by atoms with Crippen molar-refractivity contribution in [3.63, 3.8) is 0 Å². The zero-order chi connectivity index (χ0) is 9.00. The normalized spacial score (nSPS) is 10.0. The summed E-state index contributed by atoms with van der Waals surface area (Å²) in [6, 6.07) is 0. The van der Waals surface area contributed by atoms with Gasteiger partial charge in [-0.15, -0.1) is 0 Å². The molecule has 0 rings (SSSR count). The SMILES string of the molecule is C[N+](C)(C)C.C[N+](C)(C)C.[Na+].[Na+]. The zero-order valence-corrected chi connectivity index (χ0v) is 14.9. The van der Waals surface area contributed by atoms with E-state index in [2.05, 4.69) is 56.4 Å². The van der Waals surface area contributed by atoms with E-state index in [9.17, 15) is 0 Å². The van der Waals surface area contributed by atoms with Crippen LogP contribution >= 0.6 is 0 Å². The third kappa shape index (κ3) is 386. The summed E-state index contributed by atoms with van der Waals surface area (Å²) in [4.78, 5) is 0. The van der Waals surface area contributed by atoms with Crippen LogP contribution in [0.2, 0.25) is 0 Å². The predicted molar refractivity (Wildman–Crippen MR) is 47.9 cm³/mol. The molecule has 0 atom stereocenters. The van der Waals surface area contributed by atoms with Gasteiger partial charge in [-0.25, -0.2) is 0 Å². The van der Waals surface area contributed by atoms with Crippen molar-refractivity contribution in [1.29, 1.82) is 0 Å². The number of rotatable bonds is 0. The van der Waals surface area contributed by atoms with E-state index in [1.807, 2.05) is 0 Å². The molecule has 12 heavy (non-hydrogen) atoms. The molecule has 0 aliphatic carbocycles. The molecule has 0 spiro atoms. The van der Waals surface area contributed by atoms with Gasteiger partial charge in [-0.05, 0) is 0 Å². The molecule has 0 unspecified atom stereocenters. The maximum atomic E-state index is 2.12. The topological polar surface area (TPSA) is 0 Å². The maximum absolute atomic E-state index is 2.12. The molecule has 0 aromatic carbocycles. The van der Waals surface area contributed by atoms with Crippen molar-refractivity contribution < 1.29 is 68.1 Å². The van der Waals surface area contributed by atoms with Crippen LogP contribution in [0, 0.1) is 0 Å². The van der Waals surface area contributed by atoms with Crippen molar-refractivity contribution >= 4 is 0 Å². The summed E-state index contributed by atoms with van der Waals surface area (Å²) in [5.74, 6) is 0. The summed E-state index contributed by atoms with van der Waals surface area (Å²) in [6.45, 7) is 0. The Morgan fingerprint density at radius 1 is 0.417 bits per heavy atom. The second-order valence-corrected chi connectivity index (χ2v) is 5.37. The summed E-state index contributed by atoms with van der Waals surface area (Å²) in [6.07, 6.45) is 0. The summed E-state index contributed by atoms with van der Waals surface area (Å²) < 4.78 is 2.00. The Bertz CT molecular complexity index is 58.0. The van der Waals surface area contributed by atoms with Gasteiger partial charge in [0, 0.05) is 0 Å². The van der Waals surface area contributed by atoms with Crippen LogP contribution in [0.5, 0.6) is 0 Å². The van der Waals surface area contributed by atoms with Crippen molar-refractivity contribution in [3.05, 3.63) is 0 Å². The second kappa shape index (κ2) is 9.47. The van der Waals surface area contributed by atoms with E-state index in [0.717, 1.165) is 8.97 Å². The summed E-state index contributed by atoms with van der Waals surface area (Å²) in [5.41, 5.74) is 0. The van der Waals surface area contributed by atoms with Crippen molar-refractivity contribution in [2.45, 2.75) is 0 Å². The van der Waals surface area contributed by atoms with Crippen LogP contribution in [-0.4, -0.2) is 65.3 Å². The van der Waals surface area contributed by atoms with E-state index < -0.39 is 0 Å². The molecule has 0 bridgehead atoms. The summed E-state index contributed by atoms with van der Waals surface area (Å²) >= 11 is 0. The molecule has 0 amide bonds. The average Bonchev–Trinajstić information content (AvgIpc) is 1.12. The summed E-state index contributed by atoms with van der Waals surface area (Å²) in [7, 11) is 17.0. The summed E-state index contributed by atoms with van der Waals surface area (Å²) in [5, 5.41) is 0. The fourth-order valence-electron chi connectivity index (χ4n) is 0. The van der Waals surface area contributed by atoms with E-state index in [-0.39, 0.29) is 59.1 Å². The van der Waals surface area contributed by atoms with Crippen LogP contribution in [0.25, 0.3) is 0 Å². The van der Waals surface area contributed by atoms with Crippen LogP contribution in [0.4, 0.5) is 0 Å². The smallest absolute Gasteiger partial charge is 0.333 e. The molecule has 0 saturated heterocycles. The molecule has 0 aromatic heterocycles. The van der Waals surface area contributed by atoms with Crippen molar-refractivity contribution in [2.24, 2.45) is 0 Å². The monoisotopic (exact) mass is 194 g/mol. The van der Waals surface area contributed by atoms with E-state index in [4.69, 9.17) is 0 Å². The molecular formula is C8H24N2Na2+4. The maximum Gasteiger partial charge on any atom is 1.00 e. The molecule has 0 fully saturated rings. The fraction of sp³-hybridized carbons (Fsp3) is 1.00. The first kappa shape index (κ1) is 23.6. The van der Waals surface area contributed by atoms with Gasteiger partial charge < -0.3 is 8.97 Å². The number of nitrogens with zero attached hydrogens (tertiary/aromatic N) is 2. The molecule has 0 aliphatic heterocycles. The van der Waals surface area contributed by atoms with Gasteiger partial charge in [0.25, 0.3) is 0 Å². The van der Waals surface area contributed by atoms with Crippen LogP contribution in [0.3, 0.4) is 0 Å². The first-order chi connectivity index (χ1) is 4.00. The van der Waals surface area contributed by atoms with Crippen molar-refractivity contribution in [1.82, 2.24) is 0 Å². The minimum Gasteiger partial charge on any atom is -0.333 e. The Morgan fingerprint density at radius 3 is 0.417 bits per heavy atom. The molecule has 0 N–H and O–H groups in total. The van der Waals surface area contributed by atoms with E-state index in [0.29, 0.717) is 0 Å². The Labute approximate surface area is 123 Å². The second-order valence-electron chi connectivity index (χ2n) is 5.37. The molecule has 2 nitrogen and oxygen atoms in total. The van der Waals surface area contributed by atoms with E-state index >= 15 is 0 Å². The van der Waals surface area contributed by atoms with Gasteiger partial charge in [-0.1, -0.05) is 0 Å².